The van der Waals surface area contributed by atoms with Crippen LogP contribution in [0.15, 0.2) is 24.3 Å². The molecule has 3 N–H and O–H groups in total. The highest BCUT2D eigenvalue weighted by Gasteiger charge is 2.20. The molecule has 0 saturated carbocycles. The van der Waals surface area contributed by atoms with Gasteiger partial charge in [-0.1, -0.05) is 64.8 Å². The van der Waals surface area contributed by atoms with Gasteiger partial charge in [-0.2, -0.15) is 0 Å². The van der Waals surface area contributed by atoms with E-state index in [2.05, 4.69) is 57.4 Å². The van der Waals surface area contributed by atoms with E-state index in [9.17, 15) is 0 Å². The zero-order valence-electron chi connectivity index (χ0n) is 12.9. The molecule has 0 radical (unpaired) electrons. The second-order valence-electron chi connectivity index (χ2n) is 5.80. The summed E-state index contributed by atoms with van der Waals surface area (Å²) in [6.07, 6.45) is 4.89. The molecule has 1 aromatic rings. The van der Waals surface area contributed by atoms with Gasteiger partial charge in [0.1, 0.15) is 0 Å². The number of benzene rings is 1. The summed E-state index contributed by atoms with van der Waals surface area (Å²) >= 11 is 0. The van der Waals surface area contributed by atoms with Gasteiger partial charge in [0.05, 0.1) is 0 Å². The predicted molar refractivity (Wildman–Crippen MR) is 83.9 cm³/mol. The lowest BCUT2D eigenvalue weighted by molar-refractivity contribution is 0.319. The van der Waals surface area contributed by atoms with Crippen LogP contribution in [0.25, 0.3) is 0 Å². The summed E-state index contributed by atoms with van der Waals surface area (Å²) in [7, 11) is 0. The van der Waals surface area contributed by atoms with Gasteiger partial charge >= 0.3 is 0 Å². The van der Waals surface area contributed by atoms with Gasteiger partial charge in [-0.05, 0) is 35.8 Å². The Morgan fingerprint density at radius 2 is 1.42 bits per heavy atom. The van der Waals surface area contributed by atoms with Crippen molar-refractivity contribution in [2.75, 3.05) is 0 Å². The van der Waals surface area contributed by atoms with Crippen molar-refractivity contribution in [1.29, 1.82) is 0 Å². The molecule has 0 spiro atoms. The molecule has 1 atom stereocenters. The fourth-order valence-electron chi connectivity index (χ4n) is 2.81. The lowest BCUT2D eigenvalue weighted by Crippen LogP contribution is -2.33. The maximum absolute atomic E-state index is 5.81. The first-order valence-corrected chi connectivity index (χ1v) is 7.69. The minimum Gasteiger partial charge on any atom is -0.271 e. The normalized spacial score (nSPS) is 13.2. The van der Waals surface area contributed by atoms with Gasteiger partial charge < -0.3 is 0 Å². The third-order valence-electron chi connectivity index (χ3n) is 3.93. The maximum Gasteiger partial charge on any atom is 0.0488 e. The van der Waals surface area contributed by atoms with E-state index >= 15 is 0 Å². The van der Waals surface area contributed by atoms with Crippen molar-refractivity contribution in [2.24, 2.45) is 11.8 Å². The minimum absolute atomic E-state index is 0.279. The maximum atomic E-state index is 5.81. The molecule has 0 saturated heterocycles. The molecule has 0 fully saturated rings. The average molecular weight is 262 g/mol. The molecule has 2 heteroatoms. The second kappa shape index (κ2) is 8.34. The number of hydrogen-bond donors (Lipinski definition) is 2. The Morgan fingerprint density at radius 1 is 0.947 bits per heavy atom. The van der Waals surface area contributed by atoms with Crippen molar-refractivity contribution in [3.8, 4) is 0 Å². The SMILES string of the molecule is CCCC(CCC)C(NN)c1ccc(C(C)C)cc1. The van der Waals surface area contributed by atoms with Crippen LogP contribution in [0.3, 0.4) is 0 Å². The standard InChI is InChI=1S/C17H30N2/c1-5-7-15(8-6-2)17(19-18)16-11-9-14(10-12-16)13(3)4/h9-13,15,17,19H,5-8,18H2,1-4H3. The van der Waals surface area contributed by atoms with Gasteiger partial charge in [0, 0.05) is 6.04 Å². The van der Waals surface area contributed by atoms with Crippen molar-refractivity contribution in [3.63, 3.8) is 0 Å². The van der Waals surface area contributed by atoms with Crippen molar-refractivity contribution in [3.05, 3.63) is 35.4 Å². The Morgan fingerprint density at radius 3 is 1.79 bits per heavy atom. The summed E-state index contributed by atoms with van der Waals surface area (Å²) in [5, 5.41) is 0. The van der Waals surface area contributed by atoms with Crippen LogP contribution in [0.2, 0.25) is 0 Å². The molecule has 0 heterocycles. The lowest BCUT2D eigenvalue weighted by atomic mass is 9.86. The van der Waals surface area contributed by atoms with Gasteiger partial charge in [-0.3, -0.25) is 11.3 Å². The topological polar surface area (TPSA) is 38.0 Å². The van der Waals surface area contributed by atoms with Crippen LogP contribution in [0.5, 0.6) is 0 Å². The smallest absolute Gasteiger partial charge is 0.0488 e. The van der Waals surface area contributed by atoms with Crippen LogP contribution in [0, 0.1) is 5.92 Å². The monoisotopic (exact) mass is 262 g/mol. The number of hydrazine groups is 1. The summed E-state index contributed by atoms with van der Waals surface area (Å²) < 4.78 is 0. The van der Waals surface area contributed by atoms with Gasteiger partial charge in [-0.15, -0.1) is 0 Å². The fraction of sp³-hybridized carbons (Fsp3) is 0.647. The third-order valence-corrected chi connectivity index (χ3v) is 3.93. The summed E-state index contributed by atoms with van der Waals surface area (Å²) in [6, 6.07) is 9.22. The van der Waals surface area contributed by atoms with Crippen LogP contribution in [0.4, 0.5) is 0 Å². The Kier molecular flexibility index (Phi) is 7.11. The van der Waals surface area contributed by atoms with Crippen LogP contribution < -0.4 is 11.3 Å². The minimum atomic E-state index is 0.279. The number of hydrogen-bond acceptors (Lipinski definition) is 2. The van der Waals surface area contributed by atoms with E-state index in [0.29, 0.717) is 11.8 Å². The first-order chi connectivity index (χ1) is 9.13. The molecular weight excluding hydrogens is 232 g/mol. The van der Waals surface area contributed by atoms with E-state index in [4.69, 9.17) is 5.84 Å². The zero-order valence-corrected chi connectivity index (χ0v) is 12.9. The fourth-order valence-corrected chi connectivity index (χ4v) is 2.81. The summed E-state index contributed by atoms with van der Waals surface area (Å²) in [5.41, 5.74) is 5.75. The van der Waals surface area contributed by atoms with E-state index in [-0.39, 0.29) is 6.04 Å². The molecule has 1 rings (SSSR count). The van der Waals surface area contributed by atoms with Crippen molar-refractivity contribution < 1.29 is 0 Å². The van der Waals surface area contributed by atoms with Crippen molar-refractivity contribution in [2.45, 2.75) is 65.3 Å². The number of rotatable bonds is 8. The Balaban J connectivity index is 2.87. The molecule has 19 heavy (non-hydrogen) atoms. The molecule has 0 amide bonds. The van der Waals surface area contributed by atoms with Crippen LogP contribution >= 0.6 is 0 Å². The Hall–Kier alpha value is -0.860. The van der Waals surface area contributed by atoms with Gasteiger partial charge in [-0.25, -0.2) is 0 Å². The molecule has 0 bridgehead atoms. The van der Waals surface area contributed by atoms with Crippen LogP contribution in [-0.4, -0.2) is 0 Å². The quantitative estimate of drug-likeness (QED) is 0.533. The Labute approximate surface area is 118 Å². The first kappa shape index (κ1) is 16.2. The largest absolute Gasteiger partial charge is 0.271 e. The molecule has 108 valence electrons. The first-order valence-electron chi connectivity index (χ1n) is 7.69. The second-order valence-corrected chi connectivity index (χ2v) is 5.80. The molecule has 0 aliphatic heterocycles. The van der Waals surface area contributed by atoms with Crippen LogP contribution in [-0.2, 0) is 0 Å². The van der Waals surface area contributed by atoms with E-state index in [1.807, 2.05) is 0 Å². The molecule has 2 nitrogen and oxygen atoms in total. The predicted octanol–water partition coefficient (Wildman–Crippen LogP) is 4.53. The van der Waals surface area contributed by atoms with E-state index in [1.165, 1.54) is 36.8 Å². The summed E-state index contributed by atoms with van der Waals surface area (Å²) in [5.74, 6) is 7.03. The van der Waals surface area contributed by atoms with E-state index in [1.54, 1.807) is 0 Å². The molecule has 1 unspecified atom stereocenters. The highest BCUT2D eigenvalue weighted by Crippen LogP contribution is 2.29. The molecule has 1 aromatic carbocycles. The van der Waals surface area contributed by atoms with Crippen molar-refractivity contribution in [1.82, 2.24) is 5.43 Å². The molecule has 0 aliphatic rings. The van der Waals surface area contributed by atoms with Gasteiger partial charge in [0.2, 0.25) is 0 Å². The summed E-state index contributed by atoms with van der Waals surface area (Å²) in [6.45, 7) is 8.95. The molecule has 0 aliphatic carbocycles. The number of nitrogens with two attached hydrogens (primary N) is 1. The van der Waals surface area contributed by atoms with Crippen molar-refractivity contribution >= 4 is 0 Å². The van der Waals surface area contributed by atoms with Gasteiger partial charge in [0.15, 0.2) is 0 Å². The highest BCUT2D eigenvalue weighted by molar-refractivity contribution is 5.27. The molecule has 0 aromatic heterocycles. The Bertz CT molecular complexity index is 337. The number of nitrogens with one attached hydrogen (secondary N) is 1. The molecular formula is C17H30N2. The van der Waals surface area contributed by atoms with E-state index < -0.39 is 0 Å². The zero-order chi connectivity index (χ0) is 14.3. The van der Waals surface area contributed by atoms with E-state index in [0.717, 1.165) is 0 Å². The third kappa shape index (κ3) is 4.63. The average Bonchev–Trinajstić information content (AvgIpc) is 2.40. The van der Waals surface area contributed by atoms with Crippen LogP contribution in [0.1, 0.15) is 76.5 Å². The highest BCUT2D eigenvalue weighted by atomic mass is 15.2. The van der Waals surface area contributed by atoms with Gasteiger partial charge in [0.25, 0.3) is 0 Å². The summed E-state index contributed by atoms with van der Waals surface area (Å²) in [4.78, 5) is 0. The lowest BCUT2D eigenvalue weighted by Gasteiger charge is -2.27.